The zero-order valence-corrected chi connectivity index (χ0v) is 21.8. The van der Waals surface area contributed by atoms with Crippen LogP contribution in [0.15, 0.2) is 40.2 Å². The zero-order chi connectivity index (χ0) is 21.2. The Morgan fingerprint density at radius 1 is 1.03 bits per heavy atom. The summed E-state index contributed by atoms with van der Waals surface area (Å²) >= 11 is 0. The highest BCUT2D eigenvalue weighted by Crippen LogP contribution is 2.23. The molecule has 2 aliphatic rings. The van der Waals surface area contributed by atoms with E-state index in [4.69, 9.17) is 4.99 Å². The molecule has 2 saturated heterocycles. The fourth-order valence-corrected chi connectivity index (χ4v) is 5.64. The van der Waals surface area contributed by atoms with E-state index in [-0.39, 0.29) is 24.0 Å². The predicted molar refractivity (Wildman–Crippen MR) is 138 cm³/mol. The number of piperidine rings is 2. The summed E-state index contributed by atoms with van der Waals surface area (Å²) in [6.45, 7) is 9.16. The minimum atomic E-state index is -3.38. The van der Waals surface area contributed by atoms with Crippen molar-refractivity contribution in [3.05, 3.63) is 30.3 Å². The van der Waals surface area contributed by atoms with Gasteiger partial charge in [0.25, 0.3) is 0 Å². The molecule has 0 saturated carbocycles. The Balaban J connectivity index is 0.00000341. The van der Waals surface area contributed by atoms with Gasteiger partial charge in [0, 0.05) is 39.3 Å². The normalized spacial score (nSPS) is 19.6. The van der Waals surface area contributed by atoms with Crippen molar-refractivity contribution < 1.29 is 8.42 Å². The third-order valence-electron chi connectivity index (χ3n) is 5.98. The first kappa shape index (κ1) is 26.3. The summed E-state index contributed by atoms with van der Waals surface area (Å²) in [4.78, 5) is 7.67. The van der Waals surface area contributed by atoms with Gasteiger partial charge in [-0.2, -0.15) is 4.31 Å². The Labute approximate surface area is 205 Å². The predicted octanol–water partition coefficient (Wildman–Crippen LogP) is 2.75. The first-order chi connectivity index (χ1) is 14.6. The molecular formula is C22H38IN5O2S. The lowest BCUT2D eigenvalue weighted by Gasteiger charge is -2.30. The summed E-state index contributed by atoms with van der Waals surface area (Å²) in [5, 5.41) is 6.78. The number of nitrogens with zero attached hydrogens (tertiary/aromatic N) is 3. The van der Waals surface area contributed by atoms with E-state index in [1.165, 1.54) is 32.4 Å². The molecule has 2 heterocycles. The molecular weight excluding hydrogens is 525 g/mol. The van der Waals surface area contributed by atoms with Crippen LogP contribution in [0.3, 0.4) is 0 Å². The fourth-order valence-electron chi connectivity index (χ4n) is 4.15. The van der Waals surface area contributed by atoms with Gasteiger partial charge >= 0.3 is 0 Å². The highest BCUT2D eigenvalue weighted by molar-refractivity contribution is 14.0. The van der Waals surface area contributed by atoms with Crippen molar-refractivity contribution in [2.24, 2.45) is 10.9 Å². The number of sulfonamides is 1. The summed E-state index contributed by atoms with van der Waals surface area (Å²) in [5.74, 6) is 1.29. The van der Waals surface area contributed by atoms with Crippen molar-refractivity contribution in [3.63, 3.8) is 0 Å². The van der Waals surface area contributed by atoms with Crippen LogP contribution in [0.2, 0.25) is 0 Å². The van der Waals surface area contributed by atoms with Gasteiger partial charge in [0.1, 0.15) is 0 Å². The van der Waals surface area contributed by atoms with Crippen molar-refractivity contribution in [1.29, 1.82) is 0 Å². The van der Waals surface area contributed by atoms with E-state index in [1.54, 1.807) is 28.6 Å². The van der Waals surface area contributed by atoms with Crippen LogP contribution >= 0.6 is 24.0 Å². The molecule has 7 nitrogen and oxygen atoms in total. The number of guanidine groups is 1. The van der Waals surface area contributed by atoms with E-state index in [2.05, 4.69) is 22.5 Å². The van der Waals surface area contributed by atoms with E-state index in [1.807, 2.05) is 6.07 Å². The van der Waals surface area contributed by atoms with Gasteiger partial charge in [-0.25, -0.2) is 8.42 Å². The monoisotopic (exact) mass is 563 g/mol. The largest absolute Gasteiger partial charge is 0.357 e. The number of benzene rings is 1. The van der Waals surface area contributed by atoms with Gasteiger partial charge in [-0.05, 0) is 63.7 Å². The summed E-state index contributed by atoms with van der Waals surface area (Å²) in [7, 11) is -3.38. The van der Waals surface area contributed by atoms with Gasteiger partial charge in [0.15, 0.2) is 5.96 Å². The maximum atomic E-state index is 12.8. The quantitative estimate of drug-likeness (QED) is 0.289. The topological polar surface area (TPSA) is 77.0 Å². The molecule has 2 aliphatic heterocycles. The molecule has 0 unspecified atom stereocenters. The maximum Gasteiger partial charge on any atom is 0.243 e. The maximum absolute atomic E-state index is 12.8. The number of nitrogens with one attached hydrogen (secondary N) is 2. The number of likely N-dealkylation sites (tertiary alicyclic amines) is 1. The van der Waals surface area contributed by atoms with Gasteiger partial charge in [-0.1, -0.05) is 24.6 Å². The summed E-state index contributed by atoms with van der Waals surface area (Å²) in [5.41, 5.74) is 0. The molecule has 3 rings (SSSR count). The van der Waals surface area contributed by atoms with E-state index in [9.17, 15) is 8.42 Å². The second-order valence-electron chi connectivity index (χ2n) is 8.21. The van der Waals surface area contributed by atoms with Gasteiger partial charge in [0.05, 0.1) is 4.90 Å². The van der Waals surface area contributed by atoms with Gasteiger partial charge in [0.2, 0.25) is 10.0 Å². The molecule has 0 atom stereocenters. The van der Waals surface area contributed by atoms with Gasteiger partial charge < -0.3 is 15.5 Å². The molecule has 0 amide bonds. The standard InChI is InChI=1S/C22H37N5O2S.HI/c1-2-23-22(24-13-18-26-14-7-4-8-15-26)25-19-20-11-16-27(17-12-20)30(28,29)21-9-5-3-6-10-21;/h3,5-6,9-10,20H,2,4,7-8,11-19H2,1H3,(H2,23,24,25);1H. The summed E-state index contributed by atoms with van der Waals surface area (Å²) in [6.07, 6.45) is 5.69. The van der Waals surface area contributed by atoms with Crippen molar-refractivity contribution >= 4 is 40.0 Å². The number of hydrogen-bond acceptors (Lipinski definition) is 4. The van der Waals surface area contributed by atoms with Crippen LogP contribution in [-0.4, -0.2) is 75.9 Å². The van der Waals surface area contributed by atoms with E-state index >= 15 is 0 Å². The van der Waals surface area contributed by atoms with Crippen molar-refractivity contribution in [1.82, 2.24) is 19.8 Å². The highest BCUT2D eigenvalue weighted by Gasteiger charge is 2.29. The number of halogens is 1. The minimum absolute atomic E-state index is 0. The van der Waals surface area contributed by atoms with E-state index < -0.39 is 10.0 Å². The van der Waals surface area contributed by atoms with Crippen LogP contribution in [0.1, 0.15) is 39.0 Å². The van der Waals surface area contributed by atoms with Crippen molar-refractivity contribution in [2.75, 3.05) is 52.4 Å². The molecule has 2 fully saturated rings. The zero-order valence-electron chi connectivity index (χ0n) is 18.6. The van der Waals surface area contributed by atoms with Crippen LogP contribution in [0.4, 0.5) is 0 Å². The summed E-state index contributed by atoms with van der Waals surface area (Å²) < 4.78 is 27.2. The SMILES string of the molecule is CCNC(=NCC1CCN(S(=O)(=O)c2ccccc2)CC1)NCCN1CCCCC1.I. The van der Waals surface area contributed by atoms with E-state index in [0.717, 1.165) is 45.0 Å². The second-order valence-corrected chi connectivity index (χ2v) is 10.1. The molecule has 0 bridgehead atoms. The van der Waals surface area contributed by atoms with Crippen molar-refractivity contribution in [2.45, 2.75) is 43.9 Å². The molecule has 0 spiro atoms. The van der Waals surface area contributed by atoms with Crippen molar-refractivity contribution in [3.8, 4) is 0 Å². The third kappa shape index (κ3) is 8.18. The van der Waals surface area contributed by atoms with E-state index in [0.29, 0.717) is 23.9 Å². The van der Waals surface area contributed by atoms with Crippen LogP contribution in [0.25, 0.3) is 0 Å². The first-order valence-corrected chi connectivity index (χ1v) is 12.8. The number of hydrogen-bond donors (Lipinski definition) is 2. The molecule has 0 aromatic heterocycles. The Kier molecular flexibility index (Phi) is 11.6. The molecule has 9 heteroatoms. The first-order valence-electron chi connectivity index (χ1n) is 11.4. The lowest BCUT2D eigenvalue weighted by Crippen LogP contribution is -2.43. The Bertz CT molecular complexity index is 761. The van der Waals surface area contributed by atoms with Crippen LogP contribution in [-0.2, 0) is 10.0 Å². The smallest absolute Gasteiger partial charge is 0.243 e. The highest BCUT2D eigenvalue weighted by atomic mass is 127. The number of aliphatic imine (C=N–C) groups is 1. The van der Waals surface area contributed by atoms with Crippen LogP contribution in [0.5, 0.6) is 0 Å². The second kappa shape index (κ2) is 13.6. The van der Waals surface area contributed by atoms with Gasteiger partial charge in [-0.15, -0.1) is 24.0 Å². The molecule has 2 N–H and O–H groups in total. The Morgan fingerprint density at radius 2 is 1.71 bits per heavy atom. The molecule has 1 aromatic rings. The Hall–Kier alpha value is -0.910. The molecule has 31 heavy (non-hydrogen) atoms. The Morgan fingerprint density at radius 3 is 2.35 bits per heavy atom. The lowest BCUT2D eigenvalue weighted by atomic mass is 9.98. The average molecular weight is 564 g/mol. The molecule has 0 radical (unpaired) electrons. The molecule has 176 valence electrons. The molecule has 1 aromatic carbocycles. The molecule has 0 aliphatic carbocycles. The van der Waals surface area contributed by atoms with Crippen LogP contribution in [0, 0.1) is 5.92 Å². The third-order valence-corrected chi connectivity index (χ3v) is 7.89. The summed E-state index contributed by atoms with van der Waals surface area (Å²) in [6, 6.07) is 8.73. The van der Waals surface area contributed by atoms with Crippen LogP contribution < -0.4 is 10.6 Å². The average Bonchev–Trinajstić information content (AvgIpc) is 2.79. The number of rotatable bonds is 8. The fraction of sp³-hybridized carbons (Fsp3) is 0.682. The van der Waals surface area contributed by atoms with Gasteiger partial charge in [-0.3, -0.25) is 4.99 Å². The minimum Gasteiger partial charge on any atom is -0.357 e. The lowest BCUT2D eigenvalue weighted by molar-refractivity contribution is 0.232.